The molecule has 2 amide bonds. The molecule has 0 spiro atoms. The van der Waals surface area contributed by atoms with Gasteiger partial charge in [0, 0.05) is 37.0 Å². The van der Waals surface area contributed by atoms with Crippen molar-refractivity contribution in [2.24, 2.45) is 5.73 Å². The average Bonchev–Trinajstić information content (AvgIpc) is 3.42. The van der Waals surface area contributed by atoms with Gasteiger partial charge in [0.1, 0.15) is 11.4 Å². The van der Waals surface area contributed by atoms with Gasteiger partial charge in [-0.05, 0) is 63.2 Å². The largest absolute Gasteiger partial charge is 0.464 e. The van der Waals surface area contributed by atoms with Gasteiger partial charge in [-0.1, -0.05) is 0 Å². The Hall–Kier alpha value is -4.26. The summed E-state index contributed by atoms with van der Waals surface area (Å²) in [6.45, 7) is 4.88. The number of alkyl halides is 3. The number of aromatic nitrogens is 3. The molecule has 0 radical (unpaired) electrons. The van der Waals surface area contributed by atoms with Crippen molar-refractivity contribution >= 4 is 11.8 Å². The number of likely N-dealkylation sites (tertiary alicyclic amines) is 1. The molecule has 0 saturated carbocycles. The first-order valence-corrected chi connectivity index (χ1v) is 12.3. The molecule has 0 bridgehead atoms. The number of nitrogens with one attached hydrogen (secondary N) is 1. The molecular formula is C26H27F3N6O4. The van der Waals surface area contributed by atoms with E-state index in [1.165, 1.54) is 18.2 Å². The molecule has 1 aliphatic rings. The molecule has 39 heavy (non-hydrogen) atoms. The zero-order valence-corrected chi connectivity index (χ0v) is 21.1. The fraction of sp³-hybridized carbons (Fsp3) is 0.346. The lowest BCUT2D eigenvalue weighted by Gasteiger charge is -2.17. The van der Waals surface area contributed by atoms with E-state index in [2.05, 4.69) is 25.2 Å². The van der Waals surface area contributed by atoms with Gasteiger partial charge in [-0.15, -0.1) is 0 Å². The normalized spacial score (nSPS) is 14.6. The predicted octanol–water partition coefficient (Wildman–Crippen LogP) is 3.43. The minimum Gasteiger partial charge on any atom is -0.464 e. The number of hydrogen-bond acceptors (Lipinski definition) is 8. The molecule has 206 valence electrons. The van der Waals surface area contributed by atoms with Crippen molar-refractivity contribution in [2.45, 2.75) is 32.0 Å². The van der Waals surface area contributed by atoms with E-state index in [1.807, 2.05) is 0 Å². The number of rotatable bonds is 10. The van der Waals surface area contributed by atoms with Crippen LogP contribution in [-0.4, -0.2) is 63.9 Å². The summed E-state index contributed by atoms with van der Waals surface area (Å²) in [5.41, 5.74) is 4.91. The summed E-state index contributed by atoms with van der Waals surface area (Å²) >= 11 is 0. The Bertz CT molecular complexity index is 1300. The molecule has 2 aromatic heterocycles. The van der Waals surface area contributed by atoms with Crippen molar-refractivity contribution in [3.8, 4) is 28.9 Å². The van der Waals surface area contributed by atoms with Gasteiger partial charge in [0.25, 0.3) is 11.8 Å². The Morgan fingerprint density at radius 1 is 1.08 bits per heavy atom. The van der Waals surface area contributed by atoms with Crippen LogP contribution < -0.4 is 20.5 Å². The number of primary amides is 1. The molecule has 1 fully saturated rings. The Labute approximate surface area is 222 Å². The van der Waals surface area contributed by atoms with E-state index in [-0.39, 0.29) is 29.2 Å². The first kappa shape index (κ1) is 27.8. The van der Waals surface area contributed by atoms with Gasteiger partial charge < -0.3 is 25.4 Å². The number of carbonyl (C=O) groups is 2. The van der Waals surface area contributed by atoms with Crippen molar-refractivity contribution in [3.63, 3.8) is 0 Å². The molecule has 10 nitrogen and oxygen atoms in total. The maximum atomic E-state index is 12.7. The van der Waals surface area contributed by atoms with Crippen molar-refractivity contribution in [2.75, 3.05) is 26.2 Å². The zero-order chi connectivity index (χ0) is 28.0. The van der Waals surface area contributed by atoms with Crippen LogP contribution >= 0.6 is 0 Å². The van der Waals surface area contributed by atoms with E-state index in [9.17, 15) is 22.8 Å². The van der Waals surface area contributed by atoms with Crippen molar-refractivity contribution in [1.29, 1.82) is 0 Å². The number of amides is 2. The van der Waals surface area contributed by atoms with Crippen molar-refractivity contribution in [1.82, 2.24) is 25.2 Å². The molecule has 1 aromatic carbocycles. The van der Waals surface area contributed by atoms with Crippen LogP contribution in [0.2, 0.25) is 0 Å². The van der Waals surface area contributed by atoms with Crippen LogP contribution in [-0.2, 0) is 11.0 Å². The molecule has 1 saturated heterocycles. The Kier molecular flexibility index (Phi) is 8.59. The van der Waals surface area contributed by atoms with Crippen LogP contribution in [0.25, 0.3) is 11.4 Å². The highest BCUT2D eigenvalue weighted by atomic mass is 19.4. The predicted molar refractivity (Wildman–Crippen MR) is 134 cm³/mol. The first-order valence-electron chi connectivity index (χ1n) is 12.3. The number of nitrogens with zero attached hydrogens (tertiary/aromatic N) is 4. The minimum absolute atomic E-state index is 0.00901. The second-order valence-electron chi connectivity index (χ2n) is 8.89. The van der Waals surface area contributed by atoms with Crippen molar-refractivity contribution in [3.05, 3.63) is 59.9 Å². The zero-order valence-electron chi connectivity index (χ0n) is 21.1. The summed E-state index contributed by atoms with van der Waals surface area (Å²) in [4.78, 5) is 38.8. The molecule has 3 heterocycles. The molecule has 13 heteroatoms. The third-order valence-corrected chi connectivity index (χ3v) is 5.95. The summed E-state index contributed by atoms with van der Waals surface area (Å²) in [5.74, 6) is -0.751. The van der Waals surface area contributed by atoms with Crippen LogP contribution in [0.5, 0.6) is 17.5 Å². The quantitative estimate of drug-likeness (QED) is 0.397. The topological polar surface area (TPSA) is 133 Å². The minimum atomic E-state index is -4.50. The maximum absolute atomic E-state index is 12.7. The highest BCUT2D eigenvalue weighted by Gasteiger charge is 2.30. The Balaban J connectivity index is 1.42. The van der Waals surface area contributed by atoms with Gasteiger partial charge in [-0.2, -0.15) is 18.2 Å². The number of benzene rings is 1. The third-order valence-electron chi connectivity index (χ3n) is 5.95. The van der Waals surface area contributed by atoms with E-state index in [0.29, 0.717) is 24.1 Å². The SMILES string of the molecule is CC(Oc1cc(C(N)=O)nc(-c2ccc(Oc3ccc(C(F)(F)F)cn3)cc2)n1)C(=O)NCCN1CCCC1. The summed E-state index contributed by atoms with van der Waals surface area (Å²) in [7, 11) is 0. The van der Waals surface area contributed by atoms with Gasteiger partial charge in [0.15, 0.2) is 11.9 Å². The molecule has 3 aromatic rings. The smallest absolute Gasteiger partial charge is 0.417 e. The number of carbonyl (C=O) groups excluding carboxylic acids is 2. The fourth-order valence-electron chi connectivity index (χ4n) is 3.86. The summed E-state index contributed by atoms with van der Waals surface area (Å²) < 4.78 is 49.3. The monoisotopic (exact) mass is 544 g/mol. The average molecular weight is 545 g/mol. The molecular weight excluding hydrogens is 517 g/mol. The van der Waals surface area contributed by atoms with Crippen LogP contribution in [0.3, 0.4) is 0 Å². The van der Waals surface area contributed by atoms with Gasteiger partial charge in [-0.25, -0.2) is 9.97 Å². The standard InChI is InChI=1S/C26H27F3N6O4/c1-16(25(37)31-10-13-35-11-2-3-12-35)38-22-14-20(23(30)36)33-24(34-22)17-4-7-19(8-5-17)39-21-9-6-18(15-32-21)26(27,28)29/h4-9,14-16H,2-3,10-13H2,1H3,(H2,30,36)(H,31,37). The van der Waals surface area contributed by atoms with Crippen LogP contribution in [0.1, 0.15) is 35.8 Å². The molecule has 3 N–H and O–H groups in total. The number of nitrogens with two attached hydrogens (primary N) is 1. The van der Waals surface area contributed by atoms with E-state index in [1.54, 1.807) is 19.1 Å². The maximum Gasteiger partial charge on any atom is 0.417 e. The Morgan fingerprint density at radius 3 is 2.41 bits per heavy atom. The Morgan fingerprint density at radius 2 is 1.79 bits per heavy atom. The second kappa shape index (κ2) is 12.1. The highest BCUT2D eigenvalue weighted by Crippen LogP contribution is 2.30. The summed E-state index contributed by atoms with van der Waals surface area (Å²) in [6.07, 6.45) is -2.37. The van der Waals surface area contributed by atoms with Crippen LogP contribution in [0, 0.1) is 0 Å². The molecule has 4 rings (SSSR count). The van der Waals surface area contributed by atoms with Crippen molar-refractivity contribution < 1.29 is 32.2 Å². The fourth-order valence-corrected chi connectivity index (χ4v) is 3.86. The molecule has 1 aliphatic heterocycles. The van der Waals surface area contributed by atoms with Crippen LogP contribution in [0.4, 0.5) is 13.2 Å². The molecule has 1 unspecified atom stereocenters. The highest BCUT2D eigenvalue weighted by molar-refractivity contribution is 5.91. The van der Waals surface area contributed by atoms with Gasteiger partial charge in [-0.3, -0.25) is 9.59 Å². The van der Waals surface area contributed by atoms with Gasteiger partial charge in [0.05, 0.1) is 5.56 Å². The first-order chi connectivity index (χ1) is 18.6. The third kappa shape index (κ3) is 7.63. The van der Waals surface area contributed by atoms with E-state index < -0.39 is 23.8 Å². The lowest BCUT2D eigenvalue weighted by atomic mass is 10.2. The lowest BCUT2D eigenvalue weighted by molar-refractivity contribution is -0.137. The number of pyridine rings is 1. The van der Waals surface area contributed by atoms with E-state index in [4.69, 9.17) is 15.2 Å². The van der Waals surface area contributed by atoms with E-state index in [0.717, 1.165) is 44.6 Å². The summed E-state index contributed by atoms with van der Waals surface area (Å²) in [6, 6.07) is 9.47. The molecule has 0 aliphatic carbocycles. The number of halogens is 3. The number of hydrogen-bond donors (Lipinski definition) is 2. The van der Waals surface area contributed by atoms with E-state index >= 15 is 0 Å². The molecule has 1 atom stereocenters. The number of ether oxygens (including phenoxy) is 2. The van der Waals surface area contributed by atoms with Gasteiger partial charge >= 0.3 is 6.18 Å². The van der Waals surface area contributed by atoms with Crippen LogP contribution in [0.15, 0.2) is 48.7 Å². The summed E-state index contributed by atoms with van der Waals surface area (Å²) in [5, 5.41) is 2.83. The van der Waals surface area contributed by atoms with Gasteiger partial charge in [0.2, 0.25) is 11.8 Å². The second-order valence-corrected chi connectivity index (χ2v) is 8.89. The lowest BCUT2D eigenvalue weighted by Crippen LogP contribution is -2.40.